The molecule has 0 bridgehead atoms. The van der Waals surface area contributed by atoms with Crippen molar-refractivity contribution in [3.8, 4) is 5.75 Å². The predicted octanol–water partition coefficient (Wildman–Crippen LogP) is 2.39. The smallest absolute Gasteiger partial charge is 0.237 e. The van der Waals surface area contributed by atoms with Crippen molar-refractivity contribution in [3.05, 3.63) is 29.8 Å². The van der Waals surface area contributed by atoms with Crippen LogP contribution in [0.5, 0.6) is 5.75 Å². The SMILES string of the molecule is CC[C@H](N)C(=O)NC(C)c1ccc(OC(C)C)cc1. The van der Waals surface area contributed by atoms with Crippen molar-refractivity contribution in [1.29, 1.82) is 0 Å². The molecule has 1 aromatic rings. The lowest BCUT2D eigenvalue weighted by Crippen LogP contribution is -2.41. The molecule has 0 aliphatic rings. The molecule has 1 aromatic carbocycles. The Hall–Kier alpha value is -1.55. The molecule has 0 fully saturated rings. The van der Waals surface area contributed by atoms with E-state index in [0.717, 1.165) is 11.3 Å². The lowest BCUT2D eigenvalue weighted by atomic mass is 10.1. The van der Waals surface area contributed by atoms with Crippen LogP contribution in [-0.2, 0) is 4.79 Å². The Kier molecular flexibility index (Phi) is 5.83. The van der Waals surface area contributed by atoms with Crippen molar-refractivity contribution in [2.75, 3.05) is 0 Å². The molecule has 4 nitrogen and oxygen atoms in total. The Morgan fingerprint density at radius 2 is 1.84 bits per heavy atom. The van der Waals surface area contributed by atoms with Gasteiger partial charge in [-0.3, -0.25) is 4.79 Å². The fourth-order valence-electron chi connectivity index (χ4n) is 1.70. The van der Waals surface area contributed by atoms with Crippen LogP contribution in [0.3, 0.4) is 0 Å². The summed E-state index contributed by atoms with van der Waals surface area (Å²) in [6, 6.07) is 7.25. The molecule has 0 aromatic heterocycles. The van der Waals surface area contributed by atoms with Crippen LogP contribution >= 0.6 is 0 Å². The van der Waals surface area contributed by atoms with Crippen LogP contribution in [0.15, 0.2) is 24.3 Å². The highest BCUT2D eigenvalue weighted by molar-refractivity contribution is 5.81. The first-order valence-corrected chi connectivity index (χ1v) is 6.76. The number of benzene rings is 1. The lowest BCUT2D eigenvalue weighted by molar-refractivity contribution is -0.123. The van der Waals surface area contributed by atoms with E-state index in [2.05, 4.69) is 5.32 Å². The number of hydrogen-bond acceptors (Lipinski definition) is 3. The van der Waals surface area contributed by atoms with Gasteiger partial charge in [-0.25, -0.2) is 0 Å². The molecule has 3 N–H and O–H groups in total. The molecule has 1 rings (SSSR count). The molecule has 1 unspecified atom stereocenters. The van der Waals surface area contributed by atoms with E-state index in [-0.39, 0.29) is 18.1 Å². The van der Waals surface area contributed by atoms with Gasteiger partial charge in [0, 0.05) is 0 Å². The number of nitrogens with one attached hydrogen (secondary N) is 1. The monoisotopic (exact) mass is 264 g/mol. The molecule has 106 valence electrons. The molecule has 0 aliphatic carbocycles. The van der Waals surface area contributed by atoms with Crippen molar-refractivity contribution in [2.24, 2.45) is 5.73 Å². The summed E-state index contributed by atoms with van der Waals surface area (Å²) >= 11 is 0. The highest BCUT2D eigenvalue weighted by atomic mass is 16.5. The van der Waals surface area contributed by atoms with Gasteiger partial charge in [0.05, 0.1) is 18.2 Å². The molecule has 4 heteroatoms. The van der Waals surface area contributed by atoms with Crippen LogP contribution in [0.25, 0.3) is 0 Å². The van der Waals surface area contributed by atoms with Crippen molar-refractivity contribution < 1.29 is 9.53 Å². The summed E-state index contributed by atoms with van der Waals surface area (Å²) in [6.07, 6.45) is 0.797. The third kappa shape index (κ3) is 4.91. The number of carbonyl (C=O) groups is 1. The average molecular weight is 264 g/mol. The Labute approximate surface area is 115 Å². The number of amides is 1. The first-order chi connectivity index (χ1) is 8.93. The molecule has 0 saturated carbocycles. The summed E-state index contributed by atoms with van der Waals surface area (Å²) < 4.78 is 5.58. The second-order valence-electron chi connectivity index (χ2n) is 4.98. The number of carbonyl (C=O) groups excluding carboxylic acids is 1. The van der Waals surface area contributed by atoms with Gasteiger partial charge in [0.1, 0.15) is 5.75 Å². The second-order valence-corrected chi connectivity index (χ2v) is 4.98. The topological polar surface area (TPSA) is 64.4 Å². The van der Waals surface area contributed by atoms with Gasteiger partial charge in [-0.1, -0.05) is 19.1 Å². The maximum Gasteiger partial charge on any atom is 0.237 e. The van der Waals surface area contributed by atoms with Gasteiger partial charge in [-0.2, -0.15) is 0 Å². The first kappa shape index (κ1) is 15.5. The van der Waals surface area contributed by atoms with Gasteiger partial charge >= 0.3 is 0 Å². The average Bonchev–Trinajstić information content (AvgIpc) is 2.37. The molecular formula is C15H24N2O2. The molecule has 0 saturated heterocycles. The summed E-state index contributed by atoms with van der Waals surface area (Å²) in [5.41, 5.74) is 6.72. The minimum Gasteiger partial charge on any atom is -0.491 e. The van der Waals surface area contributed by atoms with Crippen LogP contribution in [0.4, 0.5) is 0 Å². The molecule has 0 heterocycles. The fourth-order valence-corrected chi connectivity index (χ4v) is 1.70. The van der Waals surface area contributed by atoms with Gasteiger partial charge in [-0.15, -0.1) is 0 Å². The van der Waals surface area contributed by atoms with Crippen LogP contribution in [0.1, 0.15) is 45.7 Å². The molecule has 1 amide bonds. The van der Waals surface area contributed by atoms with Gasteiger partial charge in [0.2, 0.25) is 5.91 Å². The summed E-state index contributed by atoms with van der Waals surface area (Å²) in [4.78, 5) is 11.7. The Balaban J connectivity index is 2.62. The summed E-state index contributed by atoms with van der Waals surface area (Å²) in [5, 5.41) is 2.90. The van der Waals surface area contributed by atoms with E-state index in [9.17, 15) is 4.79 Å². The number of ether oxygens (including phenoxy) is 1. The van der Waals surface area contributed by atoms with Crippen LogP contribution in [-0.4, -0.2) is 18.1 Å². The third-order valence-corrected chi connectivity index (χ3v) is 2.89. The number of hydrogen-bond donors (Lipinski definition) is 2. The molecule has 19 heavy (non-hydrogen) atoms. The highest BCUT2D eigenvalue weighted by Crippen LogP contribution is 2.18. The van der Waals surface area contributed by atoms with Crippen molar-refractivity contribution >= 4 is 5.91 Å². The zero-order chi connectivity index (χ0) is 14.4. The van der Waals surface area contributed by atoms with Gasteiger partial charge in [0.25, 0.3) is 0 Å². The van der Waals surface area contributed by atoms with E-state index < -0.39 is 6.04 Å². The maximum atomic E-state index is 11.7. The first-order valence-electron chi connectivity index (χ1n) is 6.76. The number of rotatable bonds is 6. The van der Waals surface area contributed by atoms with Crippen LogP contribution in [0.2, 0.25) is 0 Å². The van der Waals surface area contributed by atoms with Gasteiger partial charge in [-0.05, 0) is 44.9 Å². The Bertz CT molecular complexity index is 401. The maximum absolute atomic E-state index is 11.7. The van der Waals surface area contributed by atoms with E-state index >= 15 is 0 Å². The zero-order valence-corrected chi connectivity index (χ0v) is 12.1. The van der Waals surface area contributed by atoms with E-state index in [4.69, 9.17) is 10.5 Å². The van der Waals surface area contributed by atoms with Crippen molar-refractivity contribution in [2.45, 2.75) is 52.3 Å². The van der Waals surface area contributed by atoms with Crippen molar-refractivity contribution in [1.82, 2.24) is 5.32 Å². The number of nitrogens with two attached hydrogens (primary N) is 1. The minimum absolute atomic E-state index is 0.0572. The van der Waals surface area contributed by atoms with Crippen LogP contribution in [0, 0.1) is 0 Å². The van der Waals surface area contributed by atoms with Gasteiger partial charge in [0.15, 0.2) is 0 Å². The summed E-state index contributed by atoms with van der Waals surface area (Å²) in [6.45, 7) is 7.82. The minimum atomic E-state index is -0.439. The standard InChI is InChI=1S/C15H24N2O2/c1-5-14(16)15(18)17-11(4)12-6-8-13(9-7-12)19-10(2)3/h6-11,14H,5,16H2,1-4H3,(H,17,18)/t11?,14-/m0/s1. The Morgan fingerprint density at radius 3 is 2.32 bits per heavy atom. The second kappa shape index (κ2) is 7.14. The molecule has 0 aliphatic heterocycles. The summed E-state index contributed by atoms with van der Waals surface area (Å²) in [7, 11) is 0. The molecule has 0 spiro atoms. The zero-order valence-electron chi connectivity index (χ0n) is 12.1. The van der Waals surface area contributed by atoms with E-state index in [1.54, 1.807) is 0 Å². The van der Waals surface area contributed by atoms with E-state index in [1.165, 1.54) is 0 Å². The lowest BCUT2D eigenvalue weighted by Gasteiger charge is -2.17. The predicted molar refractivity (Wildman–Crippen MR) is 77.0 cm³/mol. The molecule has 2 atom stereocenters. The van der Waals surface area contributed by atoms with Gasteiger partial charge < -0.3 is 15.8 Å². The fraction of sp³-hybridized carbons (Fsp3) is 0.533. The summed E-state index contributed by atoms with van der Waals surface area (Å²) in [5.74, 6) is 0.722. The van der Waals surface area contributed by atoms with E-state index in [1.807, 2.05) is 52.0 Å². The molecule has 0 radical (unpaired) electrons. The van der Waals surface area contributed by atoms with Crippen molar-refractivity contribution in [3.63, 3.8) is 0 Å². The molecular weight excluding hydrogens is 240 g/mol. The normalized spacial score (nSPS) is 14.0. The van der Waals surface area contributed by atoms with Crippen LogP contribution < -0.4 is 15.8 Å². The quantitative estimate of drug-likeness (QED) is 0.829. The highest BCUT2D eigenvalue weighted by Gasteiger charge is 2.14. The Morgan fingerprint density at radius 1 is 1.26 bits per heavy atom. The largest absolute Gasteiger partial charge is 0.491 e. The third-order valence-electron chi connectivity index (χ3n) is 2.89. The van der Waals surface area contributed by atoms with E-state index in [0.29, 0.717) is 6.42 Å².